The van der Waals surface area contributed by atoms with E-state index in [2.05, 4.69) is 17.0 Å². The van der Waals surface area contributed by atoms with E-state index in [1.165, 1.54) is 50.9 Å². The van der Waals surface area contributed by atoms with Crippen LogP contribution in [0.2, 0.25) is 5.02 Å². The minimum atomic E-state index is 0. The number of likely N-dealkylation sites (tertiary alicyclic amines) is 1. The predicted molar refractivity (Wildman–Crippen MR) is 96.4 cm³/mol. The maximum atomic E-state index is 5.87. The van der Waals surface area contributed by atoms with E-state index in [9.17, 15) is 0 Å². The first-order valence-corrected chi connectivity index (χ1v) is 8.27. The topological polar surface area (TPSA) is 44.0 Å². The Morgan fingerprint density at radius 3 is 2.27 bits per heavy atom. The van der Waals surface area contributed by atoms with Crippen molar-refractivity contribution in [3.05, 3.63) is 34.9 Å². The Balaban J connectivity index is 0.00000220. The van der Waals surface area contributed by atoms with Crippen molar-refractivity contribution in [3.63, 3.8) is 0 Å². The number of hydrogen-bond donors (Lipinski definition) is 0. The molecule has 0 aliphatic carbocycles. The number of nitrogens with zero attached hydrogens (tertiary/aromatic N) is 1. The van der Waals surface area contributed by atoms with Gasteiger partial charge in [0.1, 0.15) is 0 Å². The highest BCUT2D eigenvalue weighted by molar-refractivity contribution is 6.30. The monoisotopic (exact) mass is 349 g/mol. The molecule has 0 spiro atoms. The lowest BCUT2D eigenvalue weighted by Crippen LogP contribution is -2.31. The summed E-state index contributed by atoms with van der Waals surface area (Å²) in [5.41, 5.74) is 1.34. The Morgan fingerprint density at radius 1 is 0.955 bits per heavy atom. The quantitative estimate of drug-likeness (QED) is 0.670. The van der Waals surface area contributed by atoms with Gasteiger partial charge in [-0.2, -0.15) is 0 Å². The van der Waals surface area contributed by atoms with Gasteiger partial charge in [0.2, 0.25) is 0 Å². The molecule has 0 amide bonds. The number of hydrogen-bond acceptors (Lipinski definition) is 2. The normalized spacial score (nSPS) is 15.0. The Hall–Kier alpha value is -0.320. The van der Waals surface area contributed by atoms with Crippen LogP contribution in [0.25, 0.3) is 0 Å². The first-order valence-electron chi connectivity index (χ1n) is 7.89. The molecule has 0 bridgehead atoms. The van der Waals surface area contributed by atoms with Crippen LogP contribution >= 0.6 is 24.0 Å². The lowest BCUT2D eigenvalue weighted by molar-refractivity contribution is 0.115. The summed E-state index contributed by atoms with van der Waals surface area (Å²) < 4.78 is 5.72. The molecule has 1 saturated heterocycles. The molecular weight excluding hydrogens is 321 g/mol. The summed E-state index contributed by atoms with van der Waals surface area (Å²) in [6.45, 7) is 5.55. The van der Waals surface area contributed by atoms with Gasteiger partial charge in [-0.05, 0) is 62.9 Å². The van der Waals surface area contributed by atoms with Gasteiger partial charge in [-0.3, -0.25) is 0 Å². The molecule has 1 aliphatic rings. The van der Waals surface area contributed by atoms with Crippen LogP contribution in [0, 0.1) is 0 Å². The average Bonchev–Trinajstić information content (AvgIpc) is 2.49. The summed E-state index contributed by atoms with van der Waals surface area (Å²) in [6, 6.07) is 8.10. The van der Waals surface area contributed by atoms with Gasteiger partial charge >= 0.3 is 0 Å². The van der Waals surface area contributed by atoms with Crippen LogP contribution < -0.4 is 0 Å². The second-order valence-electron chi connectivity index (χ2n) is 5.60. The molecule has 0 saturated carbocycles. The molecule has 1 aromatic carbocycles. The van der Waals surface area contributed by atoms with Crippen LogP contribution in [0.15, 0.2) is 24.3 Å². The molecule has 5 heteroatoms. The van der Waals surface area contributed by atoms with Crippen molar-refractivity contribution < 1.29 is 10.2 Å². The minimum absolute atomic E-state index is 0. The van der Waals surface area contributed by atoms with Crippen molar-refractivity contribution in [3.8, 4) is 0 Å². The molecule has 1 aliphatic heterocycles. The zero-order valence-corrected chi connectivity index (χ0v) is 14.8. The number of ether oxygens (including phenoxy) is 1. The first kappa shape index (κ1) is 21.7. The smallest absolute Gasteiger partial charge is 0.0478 e. The van der Waals surface area contributed by atoms with Crippen LogP contribution in [0.5, 0.6) is 0 Å². The van der Waals surface area contributed by atoms with Gasteiger partial charge in [-0.1, -0.05) is 30.2 Å². The van der Waals surface area contributed by atoms with E-state index in [4.69, 9.17) is 16.3 Å². The minimum Gasteiger partial charge on any atom is -0.412 e. The predicted octanol–water partition coefficient (Wildman–Crippen LogP) is 3.76. The maximum Gasteiger partial charge on any atom is 0.0478 e. The SMILES string of the molecule is Cl.Clc1ccc(CCCOCCCN2CCCCC2)cc1.O. The third kappa shape index (κ3) is 8.96. The molecule has 22 heavy (non-hydrogen) atoms. The van der Waals surface area contributed by atoms with Crippen LogP contribution in [-0.4, -0.2) is 43.2 Å². The summed E-state index contributed by atoms with van der Waals surface area (Å²) in [5.74, 6) is 0. The van der Waals surface area contributed by atoms with Crippen molar-refractivity contribution in [1.29, 1.82) is 0 Å². The molecular formula is C17H29Cl2NO2. The second-order valence-corrected chi connectivity index (χ2v) is 6.03. The van der Waals surface area contributed by atoms with E-state index in [1.54, 1.807) is 0 Å². The summed E-state index contributed by atoms with van der Waals surface area (Å²) >= 11 is 5.87. The zero-order chi connectivity index (χ0) is 14.0. The molecule has 2 N–H and O–H groups in total. The Labute approximate surface area is 145 Å². The van der Waals surface area contributed by atoms with E-state index >= 15 is 0 Å². The van der Waals surface area contributed by atoms with Crippen molar-refractivity contribution in [2.75, 3.05) is 32.8 Å². The lowest BCUT2D eigenvalue weighted by Gasteiger charge is -2.26. The molecule has 1 aromatic rings. The summed E-state index contributed by atoms with van der Waals surface area (Å²) in [4.78, 5) is 2.57. The Bertz CT molecular complexity index is 367. The fraction of sp³-hybridized carbons (Fsp3) is 0.647. The fourth-order valence-corrected chi connectivity index (χ4v) is 2.83. The third-order valence-electron chi connectivity index (χ3n) is 3.88. The summed E-state index contributed by atoms with van der Waals surface area (Å²) in [5, 5.41) is 0.808. The third-order valence-corrected chi connectivity index (χ3v) is 4.13. The summed E-state index contributed by atoms with van der Waals surface area (Å²) in [6.07, 6.45) is 7.50. The van der Waals surface area contributed by atoms with Gasteiger partial charge in [0, 0.05) is 24.8 Å². The molecule has 1 fully saturated rings. The highest BCUT2D eigenvalue weighted by atomic mass is 35.5. The van der Waals surface area contributed by atoms with Crippen molar-refractivity contribution in [1.82, 2.24) is 4.90 Å². The van der Waals surface area contributed by atoms with Crippen molar-refractivity contribution in [2.24, 2.45) is 0 Å². The van der Waals surface area contributed by atoms with Crippen LogP contribution in [0.3, 0.4) is 0 Å². The average molecular weight is 350 g/mol. The molecule has 0 aromatic heterocycles. The highest BCUT2D eigenvalue weighted by Crippen LogP contribution is 2.11. The highest BCUT2D eigenvalue weighted by Gasteiger charge is 2.08. The zero-order valence-electron chi connectivity index (χ0n) is 13.2. The maximum absolute atomic E-state index is 5.87. The van der Waals surface area contributed by atoms with E-state index in [0.717, 1.165) is 31.1 Å². The number of benzene rings is 1. The fourth-order valence-electron chi connectivity index (χ4n) is 2.70. The molecule has 2 rings (SSSR count). The number of piperidine rings is 1. The van der Waals surface area contributed by atoms with Gasteiger partial charge in [0.25, 0.3) is 0 Å². The summed E-state index contributed by atoms with van der Waals surface area (Å²) in [7, 11) is 0. The van der Waals surface area contributed by atoms with Crippen LogP contribution in [0.4, 0.5) is 0 Å². The van der Waals surface area contributed by atoms with Crippen molar-refractivity contribution in [2.45, 2.75) is 38.5 Å². The second kappa shape index (κ2) is 13.1. The van der Waals surface area contributed by atoms with Gasteiger partial charge in [0.05, 0.1) is 0 Å². The number of rotatable bonds is 8. The van der Waals surface area contributed by atoms with Gasteiger partial charge in [-0.15, -0.1) is 12.4 Å². The van der Waals surface area contributed by atoms with E-state index in [-0.39, 0.29) is 17.9 Å². The van der Waals surface area contributed by atoms with E-state index in [0.29, 0.717) is 0 Å². The van der Waals surface area contributed by atoms with Gasteiger partial charge in [-0.25, -0.2) is 0 Å². The molecule has 128 valence electrons. The van der Waals surface area contributed by atoms with E-state index in [1.807, 2.05) is 12.1 Å². The molecule has 0 atom stereocenters. The molecule has 1 heterocycles. The lowest BCUT2D eigenvalue weighted by atomic mass is 10.1. The Morgan fingerprint density at radius 2 is 1.59 bits per heavy atom. The molecule has 3 nitrogen and oxygen atoms in total. The standard InChI is InChI=1S/C17H26ClNO.ClH.H2O/c18-17-9-7-16(8-10-17)6-4-14-20-15-5-13-19-11-2-1-3-12-19;;/h7-10H,1-6,11-15H2;1H;1H2. The van der Waals surface area contributed by atoms with Gasteiger partial charge in [0.15, 0.2) is 0 Å². The van der Waals surface area contributed by atoms with E-state index < -0.39 is 0 Å². The van der Waals surface area contributed by atoms with Crippen LogP contribution in [0.1, 0.15) is 37.7 Å². The molecule has 0 unspecified atom stereocenters. The van der Waals surface area contributed by atoms with Crippen molar-refractivity contribution >= 4 is 24.0 Å². The largest absolute Gasteiger partial charge is 0.412 e. The first-order chi connectivity index (χ1) is 9.84. The Kier molecular flexibility index (Phi) is 13.0. The number of aryl methyl sites for hydroxylation is 1. The molecule has 0 radical (unpaired) electrons. The van der Waals surface area contributed by atoms with Gasteiger partial charge < -0.3 is 15.1 Å². The van der Waals surface area contributed by atoms with Crippen LogP contribution in [-0.2, 0) is 11.2 Å². The number of halogens is 2.